The van der Waals surface area contributed by atoms with Gasteiger partial charge < -0.3 is 10.1 Å². The van der Waals surface area contributed by atoms with Gasteiger partial charge in [-0.05, 0) is 73.7 Å². The standard InChI is InChI=1S/C34H32N2O3/c1-24-9-8-12-28(21-24)23-36-30-13-6-7-14-31(30)39-32(34(36)38)22-27-17-19-29(20-18-27)33(37)35-25(2)15-16-26-10-4-3-5-11-26/h3-14,17-22,25H,15-16,23H2,1-2H3,(H,35,37)/b32-22+/t25-/m0/s1. The number of benzene rings is 4. The highest BCUT2D eigenvalue weighted by Crippen LogP contribution is 2.36. The summed E-state index contributed by atoms with van der Waals surface area (Å²) in [5.74, 6) is 0.562. The minimum atomic E-state index is -0.204. The van der Waals surface area contributed by atoms with Gasteiger partial charge >= 0.3 is 0 Å². The number of para-hydroxylation sites is 2. The number of anilines is 1. The van der Waals surface area contributed by atoms with E-state index in [-0.39, 0.29) is 23.6 Å². The van der Waals surface area contributed by atoms with Crippen LogP contribution >= 0.6 is 0 Å². The van der Waals surface area contributed by atoms with Gasteiger partial charge in [0, 0.05) is 11.6 Å². The van der Waals surface area contributed by atoms with E-state index in [1.165, 1.54) is 5.56 Å². The average molecular weight is 517 g/mol. The predicted molar refractivity (Wildman–Crippen MR) is 156 cm³/mol. The van der Waals surface area contributed by atoms with Crippen molar-refractivity contribution in [3.8, 4) is 5.75 Å². The number of amides is 2. The maximum Gasteiger partial charge on any atom is 0.294 e. The molecule has 1 aliphatic heterocycles. The molecule has 1 N–H and O–H groups in total. The molecule has 5 nitrogen and oxygen atoms in total. The number of carbonyl (C=O) groups is 2. The van der Waals surface area contributed by atoms with Gasteiger partial charge in [0.25, 0.3) is 11.8 Å². The lowest BCUT2D eigenvalue weighted by Gasteiger charge is -2.30. The number of nitrogens with zero attached hydrogens (tertiary/aromatic N) is 1. The molecule has 0 saturated heterocycles. The molecule has 1 aliphatic rings. The lowest BCUT2D eigenvalue weighted by Crippen LogP contribution is -2.36. The van der Waals surface area contributed by atoms with Crippen LogP contribution in [0.1, 0.15) is 46.0 Å². The number of carbonyl (C=O) groups excluding carboxylic acids is 2. The first-order valence-electron chi connectivity index (χ1n) is 13.3. The number of hydrogen-bond acceptors (Lipinski definition) is 3. The second-order valence-electron chi connectivity index (χ2n) is 9.98. The number of nitrogens with one attached hydrogen (secondary N) is 1. The average Bonchev–Trinajstić information content (AvgIpc) is 2.95. The molecule has 0 radical (unpaired) electrons. The molecule has 4 aromatic rings. The van der Waals surface area contributed by atoms with Gasteiger partial charge in [-0.2, -0.15) is 0 Å². The van der Waals surface area contributed by atoms with E-state index in [4.69, 9.17) is 4.74 Å². The Hall–Kier alpha value is -4.64. The van der Waals surface area contributed by atoms with Crippen molar-refractivity contribution < 1.29 is 14.3 Å². The molecule has 2 amide bonds. The summed E-state index contributed by atoms with van der Waals surface area (Å²) in [6, 6.07) is 33.2. The van der Waals surface area contributed by atoms with Gasteiger partial charge in [-0.3, -0.25) is 14.5 Å². The first-order valence-corrected chi connectivity index (χ1v) is 13.3. The minimum absolute atomic E-state index is 0.0483. The van der Waals surface area contributed by atoms with Crippen LogP contribution in [0.2, 0.25) is 0 Å². The van der Waals surface area contributed by atoms with Gasteiger partial charge in [0.05, 0.1) is 12.2 Å². The lowest BCUT2D eigenvalue weighted by atomic mass is 10.1. The van der Waals surface area contributed by atoms with Crippen molar-refractivity contribution in [1.29, 1.82) is 0 Å². The summed E-state index contributed by atoms with van der Waals surface area (Å²) in [7, 11) is 0. The van der Waals surface area contributed by atoms with Gasteiger partial charge in [-0.15, -0.1) is 0 Å². The Bertz CT molecular complexity index is 1490. The number of rotatable bonds is 8. The summed E-state index contributed by atoms with van der Waals surface area (Å²) in [6.45, 7) is 4.50. The Morgan fingerprint density at radius 2 is 1.62 bits per heavy atom. The van der Waals surface area contributed by atoms with Crippen LogP contribution in [0.4, 0.5) is 5.69 Å². The maximum absolute atomic E-state index is 13.5. The van der Waals surface area contributed by atoms with Gasteiger partial charge in [-0.1, -0.05) is 84.4 Å². The highest BCUT2D eigenvalue weighted by molar-refractivity contribution is 6.09. The summed E-state index contributed by atoms with van der Waals surface area (Å²) in [4.78, 5) is 28.0. The molecule has 0 spiro atoms. The molecule has 1 heterocycles. The molecule has 0 unspecified atom stereocenters. The van der Waals surface area contributed by atoms with E-state index in [2.05, 4.69) is 23.5 Å². The molecule has 0 aromatic heterocycles. The SMILES string of the molecule is Cc1cccc(CN2C(=O)/C(=C\c3ccc(C(=O)N[C@@H](C)CCc4ccccc4)cc3)Oc3ccccc32)c1. The topological polar surface area (TPSA) is 58.6 Å². The first kappa shape index (κ1) is 26.0. The minimum Gasteiger partial charge on any atom is -0.449 e. The van der Waals surface area contributed by atoms with Crippen molar-refractivity contribution in [1.82, 2.24) is 5.32 Å². The fourth-order valence-corrected chi connectivity index (χ4v) is 4.70. The van der Waals surface area contributed by atoms with Crippen LogP contribution in [0.25, 0.3) is 6.08 Å². The van der Waals surface area contributed by atoms with Crippen LogP contribution in [0, 0.1) is 6.92 Å². The molecule has 4 aromatic carbocycles. The van der Waals surface area contributed by atoms with E-state index in [1.807, 2.05) is 86.6 Å². The van der Waals surface area contributed by atoms with Crippen LogP contribution in [-0.4, -0.2) is 17.9 Å². The van der Waals surface area contributed by atoms with Crippen molar-refractivity contribution in [3.05, 3.63) is 137 Å². The normalized spacial score (nSPS) is 14.5. The number of hydrogen-bond donors (Lipinski definition) is 1. The molecule has 0 aliphatic carbocycles. The van der Waals surface area contributed by atoms with Crippen LogP contribution in [0.15, 0.2) is 109 Å². The fraction of sp³-hybridized carbons (Fsp3) is 0.176. The zero-order chi connectivity index (χ0) is 27.2. The van der Waals surface area contributed by atoms with Gasteiger partial charge in [0.1, 0.15) is 0 Å². The summed E-state index contributed by atoms with van der Waals surface area (Å²) < 4.78 is 6.02. The maximum atomic E-state index is 13.5. The van der Waals surface area contributed by atoms with E-state index in [0.717, 1.165) is 35.2 Å². The highest BCUT2D eigenvalue weighted by atomic mass is 16.5. The second kappa shape index (κ2) is 11.8. The van der Waals surface area contributed by atoms with E-state index < -0.39 is 0 Å². The van der Waals surface area contributed by atoms with E-state index in [9.17, 15) is 9.59 Å². The van der Waals surface area contributed by atoms with Gasteiger partial charge in [-0.25, -0.2) is 0 Å². The smallest absolute Gasteiger partial charge is 0.294 e. The molecule has 1 atom stereocenters. The molecular weight excluding hydrogens is 484 g/mol. The summed E-state index contributed by atoms with van der Waals surface area (Å²) in [6.07, 6.45) is 3.50. The van der Waals surface area contributed by atoms with Crippen LogP contribution in [-0.2, 0) is 17.8 Å². The predicted octanol–water partition coefficient (Wildman–Crippen LogP) is 6.71. The molecule has 5 rings (SSSR count). The summed E-state index contributed by atoms with van der Waals surface area (Å²) in [5.41, 5.74) is 5.55. The third-order valence-corrected chi connectivity index (χ3v) is 6.81. The largest absolute Gasteiger partial charge is 0.449 e. The quantitative estimate of drug-likeness (QED) is 0.265. The van der Waals surface area contributed by atoms with Crippen molar-refractivity contribution in [3.63, 3.8) is 0 Å². The fourth-order valence-electron chi connectivity index (χ4n) is 4.70. The Kier molecular flexibility index (Phi) is 7.88. The van der Waals surface area contributed by atoms with Crippen LogP contribution < -0.4 is 15.0 Å². The zero-order valence-electron chi connectivity index (χ0n) is 22.3. The Balaban J connectivity index is 1.28. The van der Waals surface area contributed by atoms with Crippen molar-refractivity contribution >= 4 is 23.6 Å². The first-order chi connectivity index (χ1) is 19.0. The Morgan fingerprint density at radius 1 is 0.897 bits per heavy atom. The number of ether oxygens (including phenoxy) is 1. The molecule has 0 saturated carbocycles. The third kappa shape index (κ3) is 6.44. The summed E-state index contributed by atoms with van der Waals surface area (Å²) >= 11 is 0. The zero-order valence-corrected chi connectivity index (χ0v) is 22.3. The molecule has 39 heavy (non-hydrogen) atoms. The van der Waals surface area contributed by atoms with E-state index in [1.54, 1.807) is 23.1 Å². The Morgan fingerprint density at radius 3 is 2.38 bits per heavy atom. The van der Waals surface area contributed by atoms with Gasteiger partial charge in [0.2, 0.25) is 0 Å². The van der Waals surface area contributed by atoms with E-state index in [0.29, 0.717) is 17.9 Å². The van der Waals surface area contributed by atoms with Crippen molar-refractivity contribution in [2.45, 2.75) is 39.3 Å². The Labute approximate surface area is 229 Å². The third-order valence-electron chi connectivity index (χ3n) is 6.81. The highest BCUT2D eigenvalue weighted by Gasteiger charge is 2.30. The summed E-state index contributed by atoms with van der Waals surface area (Å²) in [5, 5.41) is 3.08. The van der Waals surface area contributed by atoms with Gasteiger partial charge in [0.15, 0.2) is 11.5 Å². The number of aryl methyl sites for hydroxylation is 2. The van der Waals surface area contributed by atoms with E-state index >= 15 is 0 Å². The lowest BCUT2D eigenvalue weighted by molar-refractivity contribution is -0.117. The monoisotopic (exact) mass is 516 g/mol. The molecule has 0 bridgehead atoms. The van der Waals surface area contributed by atoms with Crippen LogP contribution in [0.5, 0.6) is 5.75 Å². The van der Waals surface area contributed by atoms with Crippen molar-refractivity contribution in [2.24, 2.45) is 0 Å². The molecule has 196 valence electrons. The second-order valence-corrected chi connectivity index (χ2v) is 9.98. The van der Waals surface area contributed by atoms with Crippen LogP contribution in [0.3, 0.4) is 0 Å². The molecule has 5 heteroatoms. The molecular formula is C34H32N2O3. The molecule has 0 fully saturated rings. The van der Waals surface area contributed by atoms with Crippen molar-refractivity contribution in [2.75, 3.05) is 4.90 Å². The number of fused-ring (bicyclic) bond motifs is 1.